The van der Waals surface area contributed by atoms with Gasteiger partial charge in [-0.3, -0.25) is 0 Å². The molecule has 0 radical (unpaired) electrons. The van der Waals surface area contributed by atoms with Crippen molar-refractivity contribution in [3.63, 3.8) is 0 Å². The first kappa shape index (κ1) is 16.0. The number of hydrogen-bond acceptors (Lipinski definition) is 3. The van der Waals surface area contributed by atoms with Gasteiger partial charge >= 0.3 is 6.03 Å². The minimum absolute atomic E-state index is 0.0509. The molecule has 0 aliphatic heterocycles. The molecule has 1 aromatic carbocycles. The van der Waals surface area contributed by atoms with E-state index in [-0.39, 0.29) is 24.4 Å². The second kappa shape index (κ2) is 7.56. The Balaban J connectivity index is 1.73. The van der Waals surface area contributed by atoms with E-state index in [2.05, 4.69) is 15.6 Å². The van der Waals surface area contributed by atoms with Crippen molar-refractivity contribution in [2.45, 2.75) is 25.6 Å². The molecule has 22 heavy (non-hydrogen) atoms. The number of carbonyl (C=O) groups is 1. The minimum Gasteiger partial charge on any atom is -0.387 e. The molecule has 2 rings (SSSR count). The number of imidazole rings is 1. The second-order valence-corrected chi connectivity index (χ2v) is 5.08. The molecule has 0 fully saturated rings. The topological polar surface area (TPSA) is 79.2 Å². The summed E-state index contributed by atoms with van der Waals surface area (Å²) in [7, 11) is 0. The van der Waals surface area contributed by atoms with Gasteiger partial charge in [-0.1, -0.05) is 12.1 Å². The summed E-state index contributed by atoms with van der Waals surface area (Å²) in [5.41, 5.74) is 0.549. The van der Waals surface area contributed by atoms with Crippen LogP contribution < -0.4 is 10.6 Å². The van der Waals surface area contributed by atoms with E-state index in [1.54, 1.807) is 12.5 Å². The number of halogens is 1. The molecule has 6 nitrogen and oxygen atoms in total. The Kier molecular flexibility index (Phi) is 5.48. The number of hydrogen-bond donors (Lipinski definition) is 3. The highest BCUT2D eigenvalue weighted by Gasteiger charge is 2.11. The Bertz CT molecular complexity index is 586. The molecule has 0 aliphatic carbocycles. The Morgan fingerprint density at radius 1 is 1.41 bits per heavy atom. The van der Waals surface area contributed by atoms with Crippen LogP contribution in [0.5, 0.6) is 0 Å². The third kappa shape index (κ3) is 4.85. The first-order chi connectivity index (χ1) is 10.5. The van der Waals surface area contributed by atoms with Crippen LogP contribution in [0.2, 0.25) is 0 Å². The summed E-state index contributed by atoms with van der Waals surface area (Å²) in [5, 5.41) is 15.3. The van der Waals surface area contributed by atoms with Crippen molar-refractivity contribution in [3.8, 4) is 0 Å². The number of aliphatic hydroxyl groups excluding tert-OH is 1. The quantitative estimate of drug-likeness (QED) is 0.755. The van der Waals surface area contributed by atoms with Crippen LogP contribution in [0.15, 0.2) is 43.0 Å². The second-order valence-electron chi connectivity index (χ2n) is 5.08. The summed E-state index contributed by atoms with van der Waals surface area (Å²) in [4.78, 5) is 15.7. The third-order valence-corrected chi connectivity index (χ3v) is 3.13. The van der Waals surface area contributed by atoms with E-state index in [1.165, 1.54) is 24.3 Å². The average molecular weight is 306 g/mol. The van der Waals surface area contributed by atoms with E-state index in [0.29, 0.717) is 12.1 Å². The molecular weight excluding hydrogens is 287 g/mol. The van der Waals surface area contributed by atoms with Crippen molar-refractivity contribution >= 4 is 6.03 Å². The SMILES string of the molecule is C[C@H](Cn1ccnc1)NC(=O)NC[C@H](O)c1ccc(F)cc1. The number of nitrogens with one attached hydrogen (secondary N) is 2. The molecular formula is C15H19FN4O2. The highest BCUT2D eigenvalue weighted by atomic mass is 19.1. The van der Waals surface area contributed by atoms with Gasteiger partial charge in [0.1, 0.15) is 5.82 Å². The molecule has 0 spiro atoms. The number of benzene rings is 1. The minimum atomic E-state index is -0.879. The molecule has 1 aromatic heterocycles. The molecule has 7 heteroatoms. The third-order valence-electron chi connectivity index (χ3n) is 3.13. The highest BCUT2D eigenvalue weighted by molar-refractivity contribution is 5.74. The summed E-state index contributed by atoms with van der Waals surface area (Å²) >= 11 is 0. The van der Waals surface area contributed by atoms with E-state index in [0.717, 1.165) is 0 Å². The molecule has 0 unspecified atom stereocenters. The molecule has 0 aliphatic rings. The lowest BCUT2D eigenvalue weighted by atomic mass is 10.1. The summed E-state index contributed by atoms with van der Waals surface area (Å²) in [6, 6.07) is 5.06. The van der Waals surface area contributed by atoms with E-state index in [1.807, 2.05) is 17.7 Å². The van der Waals surface area contributed by atoms with Crippen LogP contribution >= 0.6 is 0 Å². The first-order valence-corrected chi connectivity index (χ1v) is 6.98. The molecule has 0 saturated heterocycles. The van der Waals surface area contributed by atoms with Gasteiger partial charge in [0.15, 0.2) is 0 Å². The maximum Gasteiger partial charge on any atom is 0.315 e. The molecule has 0 bridgehead atoms. The predicted molar refractivity (Wildman–Crippen MR) is 79.6 cm³/mol. The zero-order valence-corrected chi connectivity index (χ0v) is 12.2. The fraction of sp³-hybridized carbons (Fsp3) is 0.333. The summed E-state index contributed by atoms with van der Waals surface area (Å²) in [5.74, 6) is -0.366. The Hall–Kier alpha value is -2.41. The van der Waals surface area contributed by atoms with Gasteiger partial charge < -0.3 is 20.3 Å². The van der Waals surface area contributed by atoms with Crippen LogP contribution in [0.25, 0.3) is 0 Å². The number of nitrogens with zero attached hydrogens (tertiary/aromatic N) is 2. The normalized spacial score (nSPS) is 13.4. The standard InChI is InChI=1S/C15H19FN4O2/c1-11(9-20-7-6-17-10-20)19-15(22)18-8-14(21)12-2-4-13(16)5-3-12/h2-7,10-11,14,21H,8-9H2,1H3,(H2,18,19,22)/t11-,14+/m1/s1. The lowest BCUT2D eigenvalue weighted by Crippen LogP contribution is -2.43. The van der Waals surface area contributed by atoms with E-state index >= 15 is 0 Å². The van der Waals surface area contributed by atoms with Crippen LogP contribution in [0, 0.1) is 5.82 Å². The fourth-order valence-electron chi connectivity index (χ4n) is 2.02. The number of carbonyl (C=O) groups excluding carboxylic acids is 1. The van der Waals surface area contributed by atoms with Gasteiger partial charge in [-0.25, -0.2) is 14.2 Å². The van der Waals surface area contributed by atoms with E-state index < -0.39 is 6.10 Å². The van der Waals surface area contributed by atoms with E-state index in [4.69, 9.17) is 0 Å². The van der Waals surface area contributed by atoms with Gasteiger partial charge in [-0.05, 0) is 24.6 Å². The number of rotatable bonds is 6. The van der Waals surface area contributed by atoms with Gasteiger partial charge in [-0.2, -0.15) is 0 Å². The Morgan fingerprint density at radius 3 is 2.77 bits per heavy atom. The predicted octanol–water partition coefficient (Wildman–Crippen LogP) is 1.44. The maximum absolute atomic E-state index is 12.8. The number of urea groups is 1. The number of amides is 2. The van der Waals surface area contributed by atoms with E-state index in [9.17, 15) is 14.3 Å². The lowest BCUT2D eigenvalue weighted by molar-refractivity contribution is 0.172. The zero-order chi connectivity index (χ0) is 15.9. The molecule has 0 saturated carbocycles. The Morgan fingerprint density at radius 2 is 2.14 bits per heavy atom. The van der Waals surface area contributed by atoms with Crippen LogP contribution in [-0.4, -0.2) is 33.3 Å². The van der Waals surface area contributed by atoms with Gasteiger partial charge in [0.05, 0.1) is 12.4 Å². The molecule has 3 N–H and O–H groups in total. The highest BCUT2D eigenvalue weighted by Crippen LogP contribution is 2.12. The van der Waals surface area contributed by atoms with Crippen molar-refractivity contribution < 1.29 is 14.3 Å². The van der Waals surface area contributed by atoms with Crippen molar-refractivity contribution in [2.75, 3.05) is 6.54 Å². The van der Waals surface area contributed by atoms with Gasteiger partial charge in [0.2, 0.25) is 0 Å². The van der Waals surface area contributed by atoms with Gasteiger partial charge in [-0.15, -0.1) is 0 Å². The fourth-order valence-corrected chi connectivity index (χ4v) is 2.02. The molecule has 2 aromatic rings. The summed E-state index contributed by atoms with van der Waals surface area (Å²) in [6.45, 7) is 2.53. The molecule has 1 heterocycles. The summed E-state index contributed by atoms with van der Waals surface area (Å²) in [6.07, 6.45) is 4.28. The summed E-state index contributed by atoms with van der Waals surface area (Å²) < 4.78 is 14.7. The van der Waals surface area contributed by atoms with Crippen LogP contribution in [-0.2, 0) is 6.54 Å². The van der Waals surface area contributed by atoms with Crippen molar-refractivity contribution in [1.29, 1.82) is 0 Å². The zero-order valence-electron chi connectivity index (χ0n) is 12.2. The number of aromatic nitrogens is 2. The maximum atomic E-state index is 12.8. The lowest BCUT2D eigenvalue weighted by Gasteiger charge is -2.17. The largest absolute Gasteiger partial charge is 0.387 e. The van der Waals surface area contributed by atoms with Crippen LogP contribution in [0.4, 0.5) is 9.18 Å². The first-order valence-electron chi connectivity index (χ1n) is 6.98. The molecule has 118 valence electrons. The van der Waals surface area contributed by atoms with Crippen molar-refractivity contribution in [1.82, 2.24) is 20.2 Å². The van der Waals surface area contributed by atoms with Gasteiger partial charge in [0, 0.05) is 31.5 Å². The van der Waals surface area contributed by atoms with Crippen LogP contribution in [0.3, 0.4) is 0 Å². The monoisotopic (exact) mass is 306 g/mol. The van der Waals surface area contributed by atoms with Crippen molar-refractivity contribution in [3.05, 3.63) is 54.4 Å². The average Bonchev–Trinajstić information content (AvgIpc) is 2.98. The van der Waals surface area contributed by atoms with Gasteiger partial charge in [0.25, 0.3) is 0 Å². The van der Waals surface area contributed by atoms with Crippen LogP contribution in [0.1, 0.15) is 18.6 Å². The molecule has 2 atom stereocenters. The number of aliphatic hydroxyl groups is 1. The molecule has 2 amide bonds. The Labute approximate surface area is 128 Å². The smallest absolute Gasteiger partial charge is 0.315 e. The van der Waals surface area contributed by atoms with Crippen molar-refractivity contribution in [2.24, 2.45) is 0 Å².